The number of sulfone groups is 1. The summed E-state index contributed by atoms with van der Waals surface area (Å²) in [6.07, 6.45) is 0. The first-order chi connectivity index (χ1) is 10.9. The van der Waals surface area contributed by atoms with Crippen LogP contribution in [-0.2, 0) is 9.84 Å². The minimum Gasteiger partial charge on any atom is -0.394 e. The molecule has 0 spiro atoms. The third-order valence-corrected chi connectivity index (χ3v) is 6.05. The highest BCUT2D eigenvalue weighted by atomic mass is 32.2. The van der Waals surface area contributed by atoms with Gasteiger partial charge in [-0.1, -0.05) is 38.1 Å². The molecule has 0 saturated carbocycles. The van der Waals surface area contributed by atoms with Crippen molar-refractivity contribution in [1.29, 1.82) is 0 Å². The highest BCUT2D eigenvalue weighted by molar-refractivity contribution is 7.91. The summed E-state index contributed by atoms with van der Waals surface area (Å²) in [5, 5.41) is 13.0. The van der Waals surface area contributed by atoms with Crippen molar-refractivity contribution in [3.05, 3.63) is 35.4 Å². The molecule has 0 radical (unpaired) electrons. The molecule has 23 heavy (non-hydrogen) atoms. The van der Waals surface area contributed by atoms with Gasteiger partial charge in [-0.25, -0.2) is 8.42 Å². The van der Waals surface area contributed by atoms with Crippen LogP contribution in [0.15, 0.2) is 24.3 Å². The van der Waals surface area contributed by atoms with Crippen molar-refractivity contribution in [2.45, 2.75) is 25.8 Å². The summed E-state index contributed by atoms with van der Waals surface area (Å²) in [7, 11) is -2.82. The molecule has 0 amide bonds. The zero-order valence-electron chi connectivity index (χ0n) is 14.0. The molecule has 1 atom stereocenters. The molecule has 6 heteroatoms. The predicted molar refractivity (Wildman–Crippen MR) is 93.5 cm³/mol. The summed E-state index contributed by atoms with van der Waals surface area (Å²) in [5.74, 6) is 1.01. The van der Waals surface area contributed by atoms with Crippen molar-refractivity contribution in [2.24, 2.45) is 0 Å². The minimum atomic E-state index is -2.82. The Hall–Kier alpha value is -0.950. The van der Waals surface area contributed by atoms with Crippen molar-refractivity contribution in [3.8, 4) is 0 Å². The molecular weight excluding hydrogens is 312 g/mol. The fraction of sp³-hybridized carbons (Fsp3) is 0.647. The summed E-state index contributed by atoms with van der Waals surface area (Å²) in [6, 6.07) is 8.28. The average molecular weight is 340 g/mol. The largest absolute Gasteiger partial charge is 0.394 e. The van der Waals surface area contributed by atoms with Crippen LogP contribution in [0.25, 0.3) is 0 Å². The molecule has 1 aromatic rings. The number of aliphatic hydroxyl groups excluding tert-OH is 1. The van der Waals surface area contributed by atoms with Crippen LogP contribution in [0.5, 0.6) is 0 Å². The first-order valence-electron chi connectivity index (χ1n) is 8.28. The van der Waals surface area contributed by atoms with Crippen LogP contribution >= 0.6 is 0 Å². The van der Waals surface area contributed by atoms with Gasteiger partial charge in [0.25, 0.3) is 0 Å². The number of benzene rings is 1. The lowest BCUT2D eigenvalue weighted by atomic mass is 9.99. The molecule has 2 N–H and O–H groups in total. The van der Waals surface area contributed by atoms with E-state index in [1.165, 1.54) is 5.56 Å². The van der Waals surface area contributed by atoms with Crippen LogP contribution in [-0.4, -0.2) is 62.7 Å². The zero-order valence-corrected chi connectivity index (χ0v) is 14.8. The van der Waals surface area contributed by atoms with Gasteiger partial charge in [-0.2, -0.15) is 0 Å². The van der Waals surface area contributed by atoms with E-state index in [-0.39, 0.29) is 24.2 Å². The van der Waals surface area contributed by atoms with Crippen LogP contribution in [0.1, 0.15) is 36.9 Å². The standard InChI is InChI=1S/C17H28N2O3S/c1-14(2)15-3-5-16(6-4-15)17(13-20)18-7-8-19-9-11-23(21,22)12-10-19/h3-6,14,17-18,20H,7-13H2,1-2H3. The van der Waals surface area contributed by atoms with Crippen LogP contribution < -0.4 is 5.32 Å². The summed E-state index contributed by atoms with van der Waals surface area (Å²) in [6.45, 7) is 7.13. The lowest BCUT2D eigenvalue weighted by molar-refractivity contribution is 0.232. The van der Waals surface area contributed by atoms with E-state index in [4.69, 9.17) is 0 Å². The number of hydrogen-bond acceptors (Lipinski definition) is 5. The Bertz CT molecular complexity index is 570. The molecule has 1 unspecified atom stereocenters. The Morgan fingerprint density at radius 2 is 1.70 bits per heavy atom. The molecule has 0 bridgehead atoms. The summed E-state index contributed by atoms with van der Waals surface area (Å²) < 4.78 is 22.8. The molecule has 1 aliphatic rings. The molecule has 130 valence electrons. The van der Waals surface area contributed by atoms with Gasteiger partial charge >= 0.3 is 0 Å². The zero-order chi connectivity index (χ0) is 16.9. The van der Waals surface area contributed by atoms with Crippen molar-refractivity contribution in [3.63, 3.8) is 0 Å². The smallest absolute Gasteiger partial charge is 0.152 e. The molecule has 1 fully saturated rings. The van der Waals surface area contributed by atoms with Gasteiger partial charge in [0.2, 0.25) is 0 Å². The van der Waals surface area contributed by atoms with Crippen molar-refractivity contribution in [1.82, 2.24) is 10.2 Å². The van der Waals surface area contributed by atoms with Crippen LogP contribution in [0.3, 0.4) is 0 Å². The predicted octanol–water partition coefficient (Wildman–Crippen LogP) is 1.16. The highest BCUT2D eigenvalue weighted by Crippen LogP contribution is 2.18. The molecule has 1 heterocycles. The first-order valence-corrected chi connectivity index (χ1v) is 10.1. The van der Waals surface area contributed by atoms with Gasteiger partial charge in [-0.15, -0.1) is 0 Å². The van der Waals surface area contributed by atoms with E-state index in [0.29, 0.717) is 19.0 Å². The van der Waals surface area contributed by atoms with E-state index in [0.717, 1.165) is 18.7 Å². The van der Waals surface area contributed by atoms with E-state index in [2.05, 4.69) is 48.3 Å². The summed E-state index contributed by atoms with van der Waals surface area (Å²) in [5.41, 5.74) is 2.37. The van der Waals surface area contributed by atoms with Gasteiger partial charge in [0, 0.05) is 26.2 Å². The lowest BCUT2D eigenvalue weighted by Crippen LogP contribution is -2.43. The second kappa shape index (κ2) is 8.24. The maximum Gasteiger partial charge on any atom is 0.152 e. The molecule has 0 aromatic heterocycles. The molecule has 0 aliphatic carbocycles. The van der Waals surface area contributed by atoms with Crippen LogP contribution in [0, 0.1) is 0 Å². The van der Waals surface area contributed by atoms with Crippen molar-refractivity contribution < 1.29 is 13.5 Å². The van der Waals surface area contributed by atoms with Gasteiger partial charge in [0.05, 0.1) is 24.2 Å². The SMILES string of the molecule is CC(C)c1ccc(C(CO)NCCN2CCS(=O)(=O)CC2)cc1. The Balaban J connectivity index is 1.81. The monoisotopic (exact) mass is 340 g/mol. The van der Waals surface area contributed by atoms with Gasteiger partial charge in [0.1, 0.15) is 0 Å². The molecule has 5 nitrogen and oxygen atoms in total. The Labute approximate surface area is 139 Å². The normalized spacial score (nSPS) is 19.8. The van der Waals surface area contributed by atoms with E-state index in [9.17, 15) is 13.5 Å². The van der Waals surface area contributed by atoms with Crippen LogP contribution in [0.4, 0.5) is 0 Å². The average Bonchev–Trinajstić information content (AvgIpc) is 2.53. The second-order valence-electron chi connectivity index (χ2n) is 6.50. The number of aliphatic hydroxyl groups is 1. The highest BCUT2D eigenvalue weighted by Gasteiger charge is 2.21. The number of nitrogens with one attached hydrogen (secondary N) is 1. The van der Waals surface area contributed by atoms with E-state index in [1.807, 2.05) is 0 Å². The number of rotatable bonds is 7. The number of nitrogens with zero attached hydrogens (tertiary/aromatic N) is 1. The van der Waals surface area contributed by atoms with Gasteiger partial charge in [-0.3, -0.25) is 0 Å². The fourth-order valence-corrected chi connectivity index (χ4v) is 4.05. The summed E-state index contributed by atoms with van der Waals surface area (Å²) in [4.78, 5) is 2.16. The van der Waals surface area contributed by atoms with E-state index >= 15 is 0 Å². The quantitative estimate of drug-likeness (QED) is 0.780. The van der Waals surface area contributed by atoms with Crippen molar-refractivity contribution in [2.75, 3.05) is 44.3 Å². The van der Waals surface area contributed by atoms with Crippen LogP contribution in [0.2, 0.25) is 0 Å². The third-order valence-electron chi connectivity index (χ3n) is 4.44. The molecule has 1 aliphatic heterocycles. The second-order valence-corrected chi connectivity index (χ2v) is 8.81. The fourth-order valence-electron chi connectivity index (χ4n) is 2.77. The molecule has 2 rings (SSSR count). The molecule has 1 aromatic carbocycles. The Morgan fingerprint density at radius 1 is 1.13 bits per heavy atom. The van der Waals surface area contributed by atoms with E-state index in [1.54, 1.807) is 0 Å². The lowest BCUT2D eigenvalue weighted by Gasteiger charge is -2.27. The van der Waals surface area contributed by atoms with Gasteiger partial charge in [-0.05, 0) is 17.0 Å². The van der Waals surface area contributed by atoms with Crippen molar-refractivity contribution >= 4 is 9.84 Å². The minimum absolute atomic E-state index is 0.0510. The maximum absolute atomic E-state index is 11.4. The van der Waals surface area contributed by atoms with Gasteiger partial charge in [0.15, 0.2) is 9.84 Å². The Morgan fingerprint density at radius 3 is 2.22 bits per heavy atom. The third kappa shape index (κ3) is 5.57. The number of hydrogen-bond donors (Lipinski definition) is 2. The molecular formula is C17H28N2O3S. The Kier molecular flexibility index (Phi) is 6.59. The maximum atomic E-state index is 11.4. The molecule has 1 saturated heterocycles. The topological polar surface area (TPSA) is 69.6 Å². The van der Waals surface area contributed by atoms with Gasteiger partial charge < -0.3 is 15.3 Å². The first kappa shape index (κ1) is 18.4. The van der Waals surface area contributed by atoms with E-state index < -0.39 is 9.84 Å². The summed E-state index contributed by atoms with van der Waals surface area (Å²) >= 11 is 0.